The lowest BCUT2D eigenvalue weighted by atomic mass is 9.96. The van der Waals surface area contributed by atoms with E-state index in [0.29, 0.717) is 12.6 Å². The number of fused-ring (bicyclic) bond motifs is 3. The molecule has 0 unspecified atom stereocenters. The van der Waals surface area contributed by atoms with E-state index in [9.17, 15) is 4.79 Å². The van der Waals surface area contributed by atoms with Gasteiger partial charge in [0.1, 0.15) is 0 Å². The molecule has 4 rings (SSSR count). The van der Waals surface area contributed by atoms with E-state index >= 15 is 0 Å². The van der Waals surface area contributed by atoms with Crippen molar-refractivity contribution in [3.8, 4) is 0 Å². The van der Waals surface area contributed by atoms with Crippen LogP contribution in [-0.4, -0.2) is 28.2 Å². The molecule has 110 valence electrons. The van der Waals surface area contributed by atoms with Crippen LogP contribution in [0.5, 0.6) is 0 Å². The molecule has 2 aliphatic rings. The minimum atomic E-state index is 0.0101. The summed E-state index contributed by atoms with van der Waals surface area (Å²) in [4.78, 5) is 18.9. The highest BCUT2D eigenvalue weighted by Crippen LogP contribution is 2.27. The molecule has 5 nitrogen and oxygen atoms in total. The maximum atomic E-state index is 12.5. The van der Waals surface area contributed by atoms with Gasteiger partial charge in [0.2, 0.25) is 5.95 Å². The van der Waals surface area contributed by atoms with Gasteiger partial charge in [-0.05, 0) is 25.0 Å². The average Bonchev–Trinajstić information content (AvgIpc) is 3.07. The summed E-state index contributed by atoms with van der Waals surface area (Å²) in [6.45, 7) is 1.54. The van der Waals surface area contributed by atoms with E-state index in [0.717, 1.165) is 36.4 Å². The average molecular weight is 284 g/mol. The number of para-hydroxylation sites is 2. The predicted molar refractivity (Wildman–Crippen MR) is 82.5 cm³/mol. The van der Waals surface area contributed by atoms with Crippen molar-refractivity contribution in [2.75, 3.05) is 11.4 Å². The number of rotatable bonds is 1. The molecule has 0 saturated heterocycles. The van der Waals surface area contributed by atoms with Crippen molar-refractivity contribution < 1.29 is 4.79 Å². The third kappa shape index (κ3) is 2.17. The Labute approximate surface area is 123 Å². The summed E-state index contributed by atoms with van der Waals surface area (Å²) < 4.78 is 2.13. The fourth-order valence-corrected chi connectivity index (χ4v) is 3.48. The topological polar surface area (TPSA) is 50.2 Å². The summed E-state index contributed by atoms with van der Waals surface area (Å²) in [5.41, 5.74) is 2.07. The highest BCUT2D eigenvalue weighted by Gasteiger charge is 2.29. The summed E-state index contributed by atoms with van der Waals surface area (Å²) in [5.74, 6) is 0.782. The van der Waals surface area contributed by atoms with Gasteiger partial charge in [-0.2, -0.15) is 0 Å². The van der Waals surface area contributed by atoms with E-state index in [4.69, 9.17) is 0 Å². The fourth-order valence-electron chi connectivity index (χ4n) is 3.48. The van der Waals surface area contributed by atoms with Crippen LogP contribution in [0.1, 0.15) is 32.1 Å². The number of anilines is 1. The van der Waals surface area contributed by atoms with E-state index < -0.39 is 0 Å². The number of nitrogens with zero attached hydrogens (tertiary/aromatic N) is 3. The number of imidazole rings is 1. The van der Waals surface area contributed by atoms with Crippen LogP contribution in [-0.2, 0) is 6.54 Å². The number of hydrogen-bond donors (Lipinski definition) is 1. The van der Waals surface area contributed by atoms with Gasteiger partial charge in [0.25, 0.3) is 0 Å². The lowest BCUT2D eigenvalue weighted by Gasteiger charge is -2.25. The minimum absolute atomic E-state index is 0.0101. The quantitative estimate of drug-likeness (QED) is 0.875. The first kappa shape index (κ1) is 12.7. The number of hydrogen-bond acceptors (Lipinski definition) is 2. The number of nitrogens with one attached hydrogen (secondary N) is 1. The molecule has 1 aliphatic heterocycles. The van der Waals surface area contributed by atoms with Crippen LogP contribution in [0.2, 0.25) is 0 Å². The second-order valence-corrected chi connectivity index (χ2v) is 5.99. The second-order valence-electron chi connectivity index (χ2n) is 5.99. The Morgan fingerprint density at radius 1 is 1.14 bits per heavy atom. The van der Waals surface area contributed by atoms with Crippen molar-refractivity contribution in [3.05, 3.63) is 24.3 Å². The van der Waals surface area contributed by atoms with E-state index in [1.54, 1.807) is 4.90 Å². The van der Waals surface area contributed by atoms with Crippen molar-refractivity contribution in [2.24, 2.45) is 0 Å². The maximum Gasteiger partial charge on any atom is 0.324 e. The lowest BCUT2D eigenvalue weighted by molar-refractivity contribution is 0.238. The highest BCUT2D eigenvalue weighted by atomic mass is 16.2. The third-order valence-electron chi connectivity index (χ3n) is 4.60. The predicted octanol–water partition coefficient (Wildman–Crippen LogP) is 2.90. The molecule has 0 radical (unpaired) electrons. The SMILES string of the molecule is O=C(NC1CCCCC1)N1CCn2c1nc1ccccc12. The zero-order valence-corrected chi connectivity index (χ0v) is 12.1. The maximum absolute atomic E-state index is 12.5. The molecule has 2 aromatic rings. The molecular formula is C16H20N4O. The molecule has 1 aromatic carbocycles. The number of amides is 2. The molecular weight excluding hydrogens is 264 g/mol. The first-order valence-electron chi connectivity index (χ1n) is 7.86. The molecule has 1 fully saturated rings. The van der Waals surface area contributed by atoms with Crippen LogP contribution in [0, 0.1) is 0 Å². The smallest absolute Gasteiger partial charge is 0.324 e. The van der Waals surface area contributed by atoms with E-state index in [2.05, 4.69) is 20.9 Å². The summed E-state index contributed by atoms with van der Waals surface area (Å²) >= 11 is 0. The van der Waals surface area contributed by atoms with Crippen LogP contribution in [0.15, 0.2) is 24.3 Å². The van der Waals surface area contributed by atoms with Crippen LogP contribution in [0.4, 0.5) is 10.7 Å². The molecule has 1 N–H and O–H groups in total. The first-order chi connectivity index (χ1) is 10.3. The summed E-state index contributed by atoms with van der Waals surface area (Å²) in [7, 11) is 0. The van der Waals surface area contributed by atoms with Gasteiger partial charge in [0.05, 0.1) is 11.0 Å². The second kappa shape index (κ2) is 5.06. The van der Waals surface area contributed by atoms with Crippen molar-refractivity contribution >= 4 is 23.0 Å². The normalized spacial score (nSPS) is 19.0. The third-order valence-corrected chi connectivity index (χ3v) is 4.60. The van der Waals surface area contributed by atoms with Crippen molar-refractivity contribution in [2.45, 2.75) is 44.7 Å². The number of aromatic nitrogens is 2. The van der Waals surface area contributed by atoms with Gasteiger partial charge in [-0.1, -0.05) is 31.4 Å². The molecule has 1 saturated carbocycles. The Kier molecular flexibility index (Phi) is 3.05. The molecule has 2 amide bonds. The molecule has 0 bridgehead atoms. The number of carbonyl (C=O) groups excluding carboxylic acids is 1. The van der Waals surface area contributed by atoms with Crippen LogP contribution in [0.25, 0.3) is 11.0 Å². The Morgan fingerprint density at radius 2 is 1.95 bits per heavy atom. The zero-order chi connectivity index (χ0) is 14.2. The Morgan fingerprint density at radius 3 is 2.81 bits per heavy atom. The molecule has 1 aliphatic carbocycles. The minimum Gasteiger partial charge on any atom is -0.335 e. The van der Waals surface area contributed by atoms with Gasteiger partial charge in [-0.15, -0.1) is 0 Å². The summed E-state index contributed by atoms with van der Waals surface area (Å²) in [5, 5.41) is 3.18. The zero-order valence-electron chi connectivity index (χ0n) is 12.1. The molecule has 1 aromatic heterocycles. The summed E-state index contributed by atoms with van der Waals surface area (Å²) in [6.07, 6.45) is 5.96. The van der Waals surface area contributed by atoms with Crippen molar-refractivity contribution in [3.63, 3.8) is 0 Å². The van der Waals surface area contributed by atoms with Crippen LogP contribution in [0.3, 0.4) is 0 Å². The van der Waals surface area contributed by atoms with Crippen LogP contribution >= 0.6 is 0 Å². The largest absolute Gasteiger partial charge is 0.335 e. The lowest BCUT2D eigenvalue weighted by Crippen LogP contribution is -2.45. The van der Waals surface area contributed by atoms with Crippen molar-refractivity contribution in [1.29, 1.82) is 0 Å². The standard InChI is InChI=1S/C16H20N4O/c21-16(17-12-6-2-1-3-7-12)20-11-10-19-14-9-5-4-8-13(14)18-15(19)20/h4-5,8-9,12H,1-3,6-7,10-11H2,(H,17,21). The van der Waals surface area contributed by atoms with Gasteiger partial charge in [-0.25, -0.2) is 9.78 Å². The van der Waals surface area contributed by atoms with E-state index in [1.165, 1.54) is 19.3 Å². The molecule has 5 heteroatoms. The van der Waals surface area contributed by atoms with Crippen LogP contribution < -0.4 is 10.2 Å². The van der Waals surface area contributed by atoms with Gasteiger partial charge < -0.3 is 9.88 Å². The molecule has 2 heterocycles. The number of carbonyl (C=O) groups is 1. The Balaban J connectivity index is 1.56. The van der Waals surface area contributed by atoms with Gasteiger partial charge in [0.15, 0.2) is 0 Å². The van der Waals surface area contributed by atoms with E-state index in [1.807, 2.05) is 18.2 Å². The molecule has 0 atom stereocenters. The number of urea groups is 1. The first-order valence-corrected chi connectivity index (χ1v) is 7.86. The molecule has 0 spiro atoms. The van der Waals surface area contributed by atoms with E-state index in [-0.39, 0.29) is 6.03 Å². The Bertz CT molecular complexity index is 672. The van der Waals surface area contributed by atoms with Gasteiger partial charge in [0, 0.05) is 19.1 Å². The fraction of sp³-hybridized carbons (Fsp3) is 0.500. The molecule has 21 heavy (non-hydrogen) atoms. The summed E-state index contributed by atoms with van der Waals surface area (Å²) in [6, 6.07) is 8.41. The van der Waals surface area contributed by atoms with Gasteiger partial charge >= 0.3 is 6.03 Å². The highest BCUT2D eigenvalue weighted by molar-refractivity contribution is 5.93. The number of benzene rings is 1. The van der Waals surface area contributed by atoms with Crippen molar-refractivity contribution in [1.82, 2.24) is 14.9 Å². The monoisotopic (exact) mass is 284 g/mol. The Hall–Kier alpha value is -2.04. The van der Waals surface area contributed by atoms with Gasteiger partial charge in [-0.3, -0.25) is 4.90 Å².